The van der Waals surface area contributed by atoms with E-state index in [0.29, 0.717) is 0 Å². The van der Waals surface area contributed by atoms with Gasteiger partial charge in [-0.25, -0.2) is 0 Å². The standard InChI is InChI=1S/C47H44BNO/c1-27-19-28(2)43(29(3)20-27)32-21-40-44-42(23-32)50-41-22-31(30-13-11-10-12-14-30)15-17-37(41)48(44)38-26-34(47(7,8)9)25-36-35-24-33(46(4,5)6)16-18-39(35)49(40)45(36)38/h10-26H,1-9H3. The van der Waals surface area contributed by atoms with Gasteiger partial charge in [-0.15, -0.1) is 0 Å². The predicted molar refractivity (Wildman–Crippen MR) is 214 cm³/mol. The molecule has 0 spiro atoms. The minimum Gasteiger partial charge on any atom is -0.458 e. The second-order valence-electron chi connectivity index (χ2n) is 16.9. The van der Waals surface area contributed by atoms with E-state index in [-0.39, 0.29) is 17.5 Å². The Hall–Kier alpha value is -5.02. The van der Waals surface area contributed by atoms with Crippen molar-refractivity contribution in [1.29, 1.82) is 0 Å². The van der Waals surface area contributed by atoms with Crippen LogP contribution >= 0.6 is 0 Å². The molecule has 50 heavy (non-hydrogen) atoms. The Morgan fingerprint density at radius 1 is 0.560 bits per heavy atom. The highest BCUT2D eigenvalue weighted by Gasteiger charge is 2.42. The molecule has 0 N–H and O–H groups in total. The topological polar surface area (TPSA) is 14.2 Å². The van der Waals surface area contributed by atoms with Crippen molar-refractivity contribution in [2.45, 2.75) is 73.1 Å². The number of nitrogens with zero attached hydrogens (tertiary/aromatic N) is 1. The zero-order valence-electron chi connectivity index (χ0n) is 30.7. The first kappa shape index (κ1) is 31.0. The zero-order valence-corrected chi connectivity index (χ0v) is 30.7. The highest BCUT2D eigenvalue weighted by molar-refractivity contribution is 6.99. The normalized spacial score (nSPS) is 13.4. The number of rotatable bonds is 2. The molecule has 7 aromatic rings. The second kappa shape index (κ2) is 10.5. The largest absolute Gasteiger partial charge is 0.458 e. The van der Waals surface area contributed by atoms with Crippen molar-refractivity contribution in [3.05, 3.63) is 131 Å². The molecule has 0 atom stereocenters. The summed E-state index contributed by atoms with van der Waals surface area (Å²) < 4.78 is 9.66. The van der Waals surface area contributed by atoms with Crippen LogP contribution in [0.3, 0.4) is 0 Å². The fraction of sp³-hybridized carbons (Fsp3) is 0.234. The lowest BCUT2D eigenvalue weighted by Crippen LogP contribution is -2.58. The Kier molecular flexibility index (Phi) is 6.51. The maximum absolute atomic E-state index is 7.10. The summed E-state index contributed by atoms with van der Waals surface area (Å²) in [5.74, 6) is 1.89. The number of hydrogen-bond donors (Lipinski definition) is 0. The summed E-state index contributed by atoms with van der Waals surface area (Å²) in [6, 6.07) is 39.0. The van der Waals surface area contributed by atoms with Gasteiger partial charge in [-0.2, -0.15) is 0 Å². The van der Waals surface area contributed by atoms with Crippen molar-refractivity contribution in [2.24, 2.45) is 0 Å². The van der Waals surface area contributed by atoms with Gasteiger partial charge < -0.3 is 9.30 Å². The van der Waals surface area contributed by atoms with Crippen LogP contribution in [-0.2, 0) is 10.8 Å². The highest BCUT2D eigenvalue weighted by Crippen LogP contribution is 2.43. The van der Waals surface area contributed by atoms with Gasteiger partial charge in [0, 0.05) is 22.0 Å². The maximum atomic E-state index is 7.10. The van der Waals surface area contributed by atoms with Crippen molar-refractivity contribution >= 4 is 44.9 Å². The van der Waals surface area contributed by atoms with Gasteiger partial charge in [0.2, 0.25) is 0 Å². The first-order valence-corrected chi connectivity index (χ1v) is 18.0. The molecule has 3 heterocycles. The average Bonchev–Trinajstić information content (AvgIpc) is 3.39. The summed E-state index contributed by atoms with van der Waals surface area (Å²) in [6.45, 7) is 20.7. The molecule has 0 saturated heterocycles. The van der Waals surface area contributed by atoms with Crippen molar-refractivity contribution in [3.63, 3.8) is 0 Å². The van der Waals surface area contributed by atoms with Gasteiger partial charge in [0.1, 0.15) is 11.5 Å². The smallest absolute Gasteiger partial charge is 0.256 e. The molecule has 2 aliphatic rings. The van der Waals surface area contributed by atoms with Crippen LogP contribution in [0.5, 0.6) is 11.5 Å². The van der Waals surface area contributed by atoms with Gasteiger partial charge in [-0.3, -0.25) is 0 Å². The van der Waals surface area contributed by atoms with Gasteiger partial charge >= 0.3 is 0 Å². The van der Waals surface area contributed by atoms with E-state index in [1.165, 1.54) is 94.0 Å². The van der Waals surface area contributed by atoms with Gasteiger partial charge in [0.15, 0.2) is 0 Å². The van der Waals surface area contributed by atoms with E-state index in [4.69, 9.17) is 4.74 Å². The molecule has 0 unspecified atom stereocenters. The van der Waals surface area contributed by atoms with E-state index < -0.39 is 0 Å². The quantitative estimate of drug-likeness (QED) is 0.170. The minimum atomic E-state index is -0.0145. The van der Waals surface area contributed by atoms with Crippen molar-refractivity contribution in [3.8, 4) is 39.4 Å². The molecule has 0 aliphatic carbocycles. The third kappa shape index (κ3) is 4.55. The van der Waals surface area contributed by atoms with E-state index in [2.05, 4.69) is 170 Å². The Labute approximate surface area is 296 Å². The second-order valence-corrected chi connectivity index (χ2v) is 16.9. The molecule has 1 aromatic heterocycles. The Morgan fingerprint density at radius 2 is 1.24 bits per heavy atom. The molecule has 0 amide bonds. The van der Waals surface area contributed by atoms with E-state index in [1.807, 2.05) is 0 Å². The van der Waals surface area contributed by atoms with Crippen LogP contribution in [0.2, 0.25) is 0 Å². The number of hydrogen-bond acceptors (Lipinski definition) is 1. The van der Waals surface area contributed by atoms with Crippen molar-refractivity contribution < 1.29 is 4.74 Å². The van der Waals surface area contributed by atoms with Crippen LogP contribution in [-0.4, -0.2) is 11.3 Å². The Balaban J connectivity index is 1.43. The average molecular weight is 650 g/mol. The summed E-state index contributed by atoms with van der Waals surface area (Å²) in [4.78, 5) is 0. The van der Waals surface area contributed by atoms with Gasteiger partial charge in [0.25, 0.3) is 6.71 Å². The molecule has 3 heteroatoms. The number of aryl methyl sites for hydroxylation is 3. The maximum Gasteiger partial charge on any atom is 0.256 e. The molecule has 0 fully saturated rings. The highest BCUT2D eigenvalue weighted by atomic mass is 16.5. The minimum absolute atomic E-state index is 0.0145. The fourth-order valence-corrected chi connectivity index (χ4v) is 8.77. The molecule has 0 bridgehead atoms. The lowest BCUT2D eigenvalue weighted by molar-refractivity contribution is 0.487. The number of fused-ring (bicyclic) bond motifs is 7. The molecule has 9 rings (SSSR count). The van der Waals surface area contributed by atoms with Crippen LogP contribution in [0.1, 0.15) is 69.4 Å². The van der Waals surface area contributed by atoms with Gasteiger partial charge in [-0.1, -0.05) is 114 Å². The molecule has 2 aliphatic heterocycles. The fourth-order valence-electron chi connectivity index (χ4n) is 8.77. The summed E-state index contributed by atoms with van der Waals surface area (Å²) in [6.07, 6.45) is 0. The summed E-state index contributed by atoms with van der Waals surface area (Å²) >= 11 is 0. The summed E-state index contributed by atoms with van der Waals surface area (Å²) in [5, 5.41) is 2.66. The van der Waals surface area contributed by atoms with E-state index >= 15 is 0 Å². The lowest BCUT2D eigenvalue weighted by atomic mass is 9.34. The molecule has 0 radical (unpaired) electrons. The monoisotopic (exact) mass is 649 g/mol. The van der Waals surface area contributed by atoms with Crippen LogP contribution < -0.4 is 21.1 Å². The van der Waals surface area contributed by atoms with Gasteiger partial charge in [-0.05, 0) is 129 Å². The number of aromatic nitrogens is 1. The third-order valence-electron chi connectivity index (χ3n) is 11.2. The van der Waals surface area contributed by atoms with E-state index in [9.17, 15) is 0 Å². The van der Waals surface area contributed by atoms with Crippen LogP contribution in [0.4, 0.5) is 0 Å². The van der Waals surface area contributed by atoms with Crippen molar-refractivity contribution in [2.75, 3.05) is 0 Å². The van der Waals surface area contributed by atoms with Crippen LogP contribution in [0, 0.1) is 20.8 Å². The first-order chi connectivity index (χ1) is 23.8. The molecular formula is C47H44BNO. The molecule has 0 saturated carbocycles. The molecular weight excluding hydrogens is 605 g/mol. The SMILES string of the molecule is Cc1cc(C)c(-c2cc3c4c(c2)-n2c5ccc(C(C)(C)C)cc5c5cc(C(C)(C)C)cc(c52)B4c2ccc(-c4ccccc4)cc2O3)c(C)c1. The third-order valence-corrected chi connectivity index (χ3v) is 11.2. The van der Waals surface area contributed by atoms with Crippen molar-refractivity contribution in [1.82, 2.24) is 4.57 Å². The van der Waals surface area contributed by atoms with Gasteiger partial charge in [0.05, 0.1) is 5.52 Å². The Morgan fingerprint density at radius 3 is 1.94 bits per heavy atom. The molecule has 2 nitrogen and oxygen atoms in total. The van der Waals surface area contributed by atoms with Crippen LogP contribution in [0.15, 0.2) is 103 Å². The summed E-state index contributed by atoms with van der Waals surface area (Å²) in [5.41, 5.74) is 19.1. The number of benzene rings is 6. The van der Waals surface area contributed by atoms with E-state index in [0.717, 1.165) is 11.5 Å². The predicted octanol–water partition coefficient (Wildman–Crippen LogP) is 10.6. The van der Waals surface area contributed by atoms with E-state index in [1.54, 1.807) is 0 Å². The first-order valence-electron chi connectivity index (χ1n) is 18.0. The molecule has 6 aromatic carbocycles. The number of ether oxygens (including phenoxy) is 1. The Bertz CT molecular complexity index is 2530. The van der Waals surface area contributed by atoms with Crippen LogP contribution in [0.25, 0.3) is 49.7 Å². The zero-order chi connectivity index (χ0) is 34.9. The summed E-state index contributed by atoms with van der Waals surface area (Å²) in [7, 11) is 0. The lowest BCUT2D eigenvalue weighted by Gasteiger charge is -2.35. The molecule has 246 valence electrons.